The molecule has 172 valence electrons. The Morgan fingerprint density at radius 1 is 1.15 bits per heavy atom. The van der Waals surface area contributed by atoms with E-state index in [2.05, 4.69) is 55.2 Å². The second kappa shape index (κ2) is 9.00. The largest absolute Gasteiger partial charge is 0.447 e. The average Bonchev–Trinajstić information content (AvgIpc) is 3.37. The number of hydrogen-bond acceptors (Lipinski definition) is 8. The summed E-state index contributed by atoms with van der Waals surface area (Å²) in [7, 11) is 2.15. The number of terminal acetylenes is 1. The molecule has 3 aromatic heterocycles. The molecule has 0 unspecified atom stereocenters. The van der Waals surface area contributed by atoms with Crippen LogP contribution in [0.4, 0.5) is 17.3 Å². The van der Waals surface area contributed by atoms with Crippen molar-refractivity contribution in [3.05, 3.63) is 70.3 Å². The Kier molecular flexibility index (Phi) is 5.74. The smallest absolute Gasteiger partial charge is 0.256 e. The van der Waals surface area contributed by atoms with Gasteiger partial charge in [0, 0.05) is 54.9 Å². The predicted molar refractivity (Wildman–Crippen MR) is 132 cm³/mol. The van der Waals surface area contributed by atoms with Crippen LogP contribution in [-0.4, -0.2) is 57.6 Å². The van der Waals surface area contributed by atoms with Crippen molar-refractivity contribution in [3.8, 4) is 12.3 Å². The van der Waals surface area contributed by atoms with Gasteiger partial charge >= 0.3 is 0 Å². The van der Waals surface area contributed by atoms with Crippen LogP contribution in [-0.2, 0) is 6.54 Å². The molecule has 9 heteroatoms. The number of rotatable bonds is 5. The lowest BCUT2D eigenvalue weighted by Crippen LogP contribution is -2.44. The molecule has 1 saturated heterocycles. The maximum absolute atomic E-state index is 13.1. The monoisotopic (exact) mass is 455 g/mol. The maximum Gasteiger partial charge on any atom is 0.256 e. The summed E-state index contributed by atoms with van der Waals surface area (Å²) in [6.07, 6.45) is 10.4. The number of likely N-dealkylation sites (N-methyl/N-ethyl adjacent to an activating group) is 1. The average molecular weight is 456 g/mol. The van der Waals surface area contributed by atoms with E-state index < -0.39 is 0 Å². The highest BCUT2D eigenvalue weighted by Crippen LogP contribution is 2.23. The van der Waals surface area contributed by atoms with Crippen LogP contribution in [0.2, 0.25) is 0 Å². The molecule has 5 rings (SSSR count). The molecule has 4 heterocycles. The maximum atomic E-state index is 13.1. The molecular formula is C25H25N7O2. The zero-order chi connectivity index (χ0) is 23.7. The molecule has 0 bridgehead atoms. The first-order chi connectivity index (χ1) is 16.5. The van der Waals surface area contributed by atoms with Crippen LogP contribution in [0.25, 0.3) is 11.0 Å². The van der Waals surface area contributed by atoms with E-state index in [4.69, 9.17) is 10.8 Å². The van der Waals surface area contributed by atoms with E-state index in [-0.39, 0.29) is 12.1 Å². The highest BCUT2D eigenvalue weighted by Gasteiger charge is 2.17. The van der Waals surface area contributed by atoms with E-state index in [0.717, 1.165) is 31.9 Å². The normalized spacial score (nSPS) is 14.3. The van der Waals surface area contributed by atoms with Gasteiger partial charge in [-0.1, -0.05) is 5.92 Å². The summed E-state index contributed by atoms with van der Waals surface area (Å²) in [6, 6.07) is 8.19. The van der Waals surface area contributed by atoms with Crippen LogP contribution >= 0.6 is 0 Å². The Morgan fingerprint density at radius 2 is 1.91 bits per heavy atom. The Labute approximate surface area is 197 Å². The van der Waals surface area contributed by atoms with Gasteiger partial charge in [0.15, 0.2) is 0 Å². The predicted octanol–water partition coefficient (Wildman–Crippen LogP) is 2.61. The molecule has 4 aromatic rings. The first-order valence-electron chi connectivity index (χ1n) is 11.1. The summed E-state index contributed by atoms with van der Waals surface area (Å²) >= 11 is 0. The topological polar surface area (TPSA) is 92.3 Å². The molecule has 1 aliphatic rings. The summed E-state index contributed by atoms with van der Waals surface area (Å²) in [5.41, 5.74) is 3.18. The number of nitrogens with zero attached hydrogens (tertiary/aromatic N) is 6. The van der Waals surface area contributed by atoms with Crippen LogP contribution in [0.5, 0.6) is 0 Å². The zero-order valence-electron chi connectivity index (χ0n) is 19.2. The number of anilines is 3. The van der Waals surface area contributed by atoms with E-state index >= 15 is 0 Å². The number of hydrogen-bond donors (Lipinski definition) is 1. The number of pyridine rings is 1. The molecule has 0 atom stereocenters. The molecule has 0 saturated carbocycles. The second-order valence-corrected chi connectivity index (χ2v) is 8.35. The lowest BCUT2D eigenvalue weighted by atomic mass is 10.1. The third-order valence-electron chi connectivity index (χ3n) is 6.15. The Balaban J connectivity index is 1.47. The minimum atomic E-state index is -0.236. The van der Waals surface area contributed by atoms with Gasteiger partial charge in [-0.25, -0.2) is 9.97 Å². The third kappa shape index (κ3) is 4.11. The minimum Gasteiger partial charge on any atom is -0.447 e. The van der Waals surface area contributed by atoms with Crippen molar-refractivity contribution in [2.24, 2.45) is 0 Å². The Morgan fingerprint density at radius 3 is 2.59 bits per heavy atom. The molecule has 1 aliphatic heterocycles. The van der Waals surface area contributed by atoms with Gasteiger partial charge in [-0.05, 0) is 38.2 Å². The Hall–Kier alpha value is -4.16. The molecule has 1 N–H and O–H groups in total. The lowest BCUT2D eigenvalue weighted by molar-refractivity contribution is 0.313. The minimum absolute atomic E-state index is 0.143. The van der Waals surface area contributed by atoms with Crippen molar-refractivity contribution >= 4 is 28.4 Å². The fourth-order valence-electron chi connectivity index (χ4n) is 4.17. The molecule has 0 amide bonds. The van der Waals surface area contributed by atoms with Gasteiger partial charge < -0.3 is 19.5 Å². The van der Waals surface area contributed by atoms with Gasteiger partial charge in [0.25, 0.3) is 5.56 Å². The van der Waals surface area contributed by atoms with Crippen LogP contribution in [0.1, 0.15) is 17.0 Å². The standard InChI is InChI=1S/C25H25N7O2/c1-4-20-17(2)24(33)32(16-22-26-9-14-34-22)23-21(20)15-27-25(29-23)28-18-5-7-19(8-6-18)31-12-10-30(3)11-13-31/h1,5-9,14-15H,10-13,16H2,2-3H3,(H,27,28,29). The summed E-state index contributed by atoms with van der Waals surface area (Å²) in [4.78, 5) is 31.0. The SMILES string of the molecule is C#Cc1c(C)c(=O)n(Cc2ncco2)c2nc(Nc3ccc(N4CCN(C)CC4)cc3)ncc12. The highest BCUT2D eigenvalue weighted by atomic mass is 16.3. The van der Waals surface area contributed by atoms with Gasteiger partial charge in [0.2, 0.25) is 11.8 Å². The van der Waals surface area contributed by atoms with Crippen LogP contribution in [0.3, 0.4) is 0 Å². The van der Waals surface area contributed by atoms with E-state index in [1.165, 1.54) is 16.5 Å². The number of piperazine rings is 1. The number of oxazole rings is 1. The molecule has 0 aliphatic carbocycles. The molecule has 0 spiro atoms. The molecule has 1 aromatic carbocycles. The van der Waals surface area contributed by atoms with Gasteiger partial charge in [0.1, 0.15) is 18.5 Å². The van der Waals surface area contributed by atoms with E-state index in [1.807, 2.05) is 12.1 Å². The fraction of sp³-hybridized carbons (Fsp3) is 0.280. The Bertz CT molecular complexity index is 1410. The molecule has 1 fully saturated rings. The van der Waals surface area contributed by atoms with Gasteiger partial charge in [-0.2, -0.15) is 4.98 Å². The van der Waals surface area contributed by atoms with Crippen molar-refractivity contribution in [2.45, 2.75) is 13.5 Å². The van der Waals surface area contributed by atoms with E-state index in [9.17, 15) is 4.79 Å². The van der Waals surface area contributed by atoms with Crippen molar-refractivity contribution in [3.63, 3.8) is 0 Å². The van der Waals surface area contributed by atoms with Crippen molar-refractivity contribution in [1.29, 1.82) is 0 Å². The lowest BCUT2D eigenvalue weighted by Gasteiger charge is -2.34. The molecular weight excluding hydrogens is 430 g/mol. The first-order valence-corrected chi connectivity index (χ1v) is 11.1. The quantitative estimate of drug-likeness (QED) is 0.459. The fourth-order valence-corrected chi connectivity index (χ4v) is 4.17. The summed E-state index contributed by atoms with van der Waals surface area (Å²) < 4.78 is 6.87. The van der Waals surface area contributed by atoms with Gasteiger partial charge in [0.05, 0.1) is 11.6 Å². The van der Waals surface area contributed by atoms with Crippen molar-refractivity contribution in [2.75, 3.05) is 43.4 Å². The van der Waals surface area contributed by atoms with Crippen LogP contribution < -0.4 is 15.8 Å². The molecule has 34 heavy (non-hydrogen) atoms. The van der Waals surface area contributed by atoms with Crippen LogP contribution in [0.15, 0.2) is 52.1 Å². The number of nitrogens with one attached hydrogen (secondary N) is 1. The summed E-state index contributed by atoms with van der Waals surface area (Å²) in [5.74, 6) is 3.39. The number of fused-ring (bicyclic) bond motifs is 1. The van der Waals surface area contributed by atoms with Gasteiger partial charge in [-0.15, -0.1) is 6.42 Å². The third-order valence-corrected chi connectivity index (χ3v) is 6.15. The van der Waals surface area contributed by atoms with E-state index in [0.29, 0.717) is 34.0 Å². The van der Waals surface area contributed by atoms with Crippen LogP contribution in [0, 0.1) is 19.3 Å². The zero-order valence-corrected chi connectivity index (χ0v) is 19.2. The van der Waals surface area contributed by atoms with Crippen molar-refractivity contribution in [1.82, 2.24) is 24.4 Å². The highest BCUT2D eigenvalue weighted by molar-refractivity contribution is 5.84. The van der Waals surface area contributed by atoms with Gasteiger partial charge in [-0.3, -0.25) is 9.36 Å². The second-order valence-electron chi connectivity index (χ2n) is 8.35. The molecule has 0 radical (unpaired) electrons. The number of aromatic nitrogens is 4. The number of benzene rings is 1. The summed E-state index contributed by atoms with van der Waals surface area (Å²) in [5, 5.41) is 3.86. The summed E-state index contributed by atoms with van der Waals surface area (Å²) in [6.45, 7) is 5.98. The first kappa shape index (κ1) is 21.7. The van der Waals surface area contributed by atoms with Crippen molar-refractivity contribution < 1.29 is 4.42 Å². The molecule has 9 nitrogen and oxygen atoms in total. The van der Waals surface area contributed by atoms with E-state index in [1.54, 1.807) is 19.3 Å².